The van der Waals surface area contributed by atoms with E-state index in [2.05, 4.69) is 43.2 Å². The monoisotopic (exact) mass is 611 g/mol. The Kier molecular flexibility index (Phi) is 11.1. The van der Waals surface area contributed by atoms with Crippen molar-refractivity contribution in [2.75, 3.05) is 24.4 Å². The molecule has 3 aromatic rings. The molecule has 0 saturated heterocycles. The van der Waals surface area contributed by atoms with E-state index in [-0.39, 0.29) is 45.4 Å². The number of urea groups is 1. The summed E-state index contributed by atoms with van der Waals surface area (Å²) in [5.74, 6) is 3.09. The lowest BCUT2D eigenvalue weighted by molar-refractivity contribution is -0.116. The van der Waals surface area contributed by atoms with Crippen molar-refractivity contribution < 1.29 is 23.6 Å². The van der Waals surface area contributed by atoms with Gasteiger partial charge in [0, 0.05) is 18.2 Å². The van der Waals surface area contributed by atoms with Gasteiger partial charge in [0.15, 0.2) is 11.6 Å². The number of aliphatic imine (C=N–C) groups is 1. The van der Waals surface area contributed by atoms with Crippen LogP contribution in [0.1, 0.15) is 18.4 Å². The van der Waals surface area contributed by atoms with Crippen LogP contribution in [0.4, 0.5) is 22.1 Å². The number of hydrogen-bond acceptors (Lipinski definition) is 9. The van der Waals surface area contributed by atoms with Crippen molar-refractivity contribution in [1.82, 2.24) is 20.4 Å². The second kappa shape index (κ2) is 14.7. The molecule has 0 fully saturated rings. The lowest BCUT2D eigenvalue weighted by Crippen LogP contribution is -2.38. The number of hydrogen-bond donors (Lipinski definition) is 2. The summed E-state index contributed by atoms with van der Waals surface area (Å²) in [5.41, 5.74) is 0.972. The quantitative estimate of drug-likeness (QED) is 0.169. The Labute approximate surface area is 252 Å². The number of aryl methyl sites for hydroxylation is 1. The maximum atomic E-state index is 13.7. The molecule has 0 bridgehead atoms. The van der Waals surface area contributed by atoms with Crippen LogP contribution in [0.3, 0.4) is 0 Å². The predicted molar refractivity (Wildman–Crippen MR) is 161 cm³/mol. The molecule has 2 heterocycles. The van der Waals surface area contributed by atoms with Crippen LogP contribution in [0.25, 0.3) is 0 Å². The number of carbonyl (C=O) groups excluding carboxylic acids is 2. The smallest absolute Gasteiger partial charge is 0.328 e. The number of aromatic nitrogens is 3. The number of carbonyl (C=O) groups is 2. The van der Waals surface area contributed by atoms with E-state index in [1.165, 1.54) is 37.6 Å². The highest BCUT2D eigenvalue weighted by Crippen LogP contribution is 2.44. The number of rotatable bonds is 11. The average Bonchev–Trinajstić information content (AvgIpc) is 3.41. The molecule has 1 unspecified atom stereocenters. The highest BCUT2D eigenvalue weighted by molar-refractivity contribution is 6.41. The average molecular weight is 612 g/mol. The van der Waals surface area contributed by atoms with Gasteiger partial charge in [0.1, 0.15) is 39.7 Å². The summed E-state index contributed by atoms with van der Waals surface area (Å²) in [5, 5.41) is 9.30. The lowest BCUT2D eigenvalue weighted by atomic mass is 10.1. The van der Waals surface area contributed by atoms with E-state index in [4.69, 9.17) is 43.6 Å². The van der Waals surface area contributed by atoms with Crippen LogP contribution in [-0.4, -0.2) is 53.0 Å². The zero-order chi connectivity index (χ0) is 30.8. The minimum absolute atomic E-state index is 0.0516. The van der Waals surface area contributed by atoms with Gasteiger partial charge in [-0.1, -0.05) is 46.9 Å². The summed E-state index contributed by atoms with van der Waals surface area (Å²) in [6.07, 6.45) is 11.3. The molecule has 0 saturated carbocycles. The van der Waals surface area contributed by atoms with Gasteiger partial charge in [-0.05, 0) is 26.0 Å². The second-order valence-electron chi connectivity index (χ2n) is 8.32. The Morgan fingerprint density at radius 2 is 1.90 bits per heavy atom. The molecule has 0 aliphatic rings. The molecular formula is C28H27Cl2N7O5. The number of nitrogens with zero attached hydrogens (tertiary/aromatic N) is 5. The van der Waals surface area contributed by atoms with Crippen LogP contribution >= 0.6 is 23.2 Å². The van der Waals surface area contributed by atoms with Gasteiger partial charge in [0.25, 0.3) is 0 Å². The number of benzene rings is 1. The van der Waals surface area contributed by atoms with Crippen molar-refractivity contribution in [2.45, 2.75) is 26.4 Å². The molecular weight excluding hydrogens is 585 g/mol. The third-order valence-corrected chi connectivity index (χ3v) is 6.22. The Hall–Kier alpha value is -4.86. The summed E-state index contributed by atoms with van der Waals surface area (Å²) in [4.78, 5) is 39.8. The zero-order valence-corrected chi connectivity index (χ0v) is 24.7. The van der Waals surface area contributed by atoms with Crippen LogP contribution in [0.15, 0.2) is 58.8 Å². The molecule has 3 rings (SSSR count). The van der Waals surface area contributed by atoms with Gasteiger partial charge in [-0.2, -0.15) is 0 Å². The number of ether oxygens (including phenoxy) is 2. The minimum atomic E-state index is -0.881. The molecule has 218 valence electrons. The number of methoxy groups -OCH3 is 2. The van der Waals surface area contributed by atoms with E-state index in [0.717, 1.165) is 6.08 Å². The normalized spacial score (nSPS) is 11.9. The number of amides is 3. The van der Waals surface area contributed by atoms with Crippen molar-refractivity contribution in [3.63, 3.8) is 0 Å². The first-order valence-electron chi connectivity index (χ1n) is 12.2. The fourth-order valence-corrected chi connectivity index (χ4v) is 4.12. The summed E-state index contributed by atoms with van der Waals surface area (Å²) in [6, 6.07) is 3.04. The van der Waals surface area contributed by atoms with Crippen molar-refractivity contribution in [2.24, 2.45) is 4.99 Å². The van der Waals surface area contributed by atoms with E-state index < -0.39 is 18.0 Å². The molecule has 0 aliphatic carbocycles. The maximum Gasteiger partial charge on any atom is 0.328 e. The molecule has 3 amide bonds. The molecule has 14 heteroatoms. The van der Waals surface area contributed by atoms with Gasteiger partial charge in [-0.3, -0.25) is 9.69 Å². The first-order valence-corrected chi connectivity index (χ1v) is 12.9. The standard InChI is InChI=1S/C28H27Cl2N7O5/c1-7-10-19(18(8-2)34-24(38)9-3)33-22-13-23(32-15-31-22)37(14-17-11-16(4)36-42-17)28(39)35-27-25(29)20(40-5)12-21(41-6)26(27)30/h2,7,9-13,15,18H,3,14H2,1,4-6H3,(H,34,38)(H,35,39)/b10-7-,33-19?. The van der Waals surface area contributed by atoms with Crippen molar-refractivity contribution >= 4 is 58.2 Å². The summed E-state index contributed by atoms with van der Waals surface area (Å²) < 4.78 is 15.9. The minimum Gasteiger partial charge on any atom is -0.495 e. The Morgan fingerprint density at radius 3 is 2.45 bits per heavy atom. The van der Waals surface area contributed by atoms with E-state index in [1.54, 1.807) is 32.1 Å². The first-order chi connectivity index (χ1) is 20.1. The first kappa shape index (κ1) is 31.7. The summed E-state index contributed by atoms with van der Waals surface area (Å²) >= 11 is 12.9. The molecule has 1 atom stereocenters. The van der Waals surface area contributed by atoms with Crippen molar-refractivity contribution in [3.05, 3.63) is 70.8 Å². The third kappa shape index (κ3) is 7.66. The van der Waals surface area contributed by atoms with Crippen molar-refractivity contribution in [3.8, 4) is 23.8 Å². The number of allylic oxidation sites excluding steroid dienone is 1. The van der Waals surface area contributed by atoms with Gasteiger partial charge in [-0.25, -0.2) is 19.8 Å². The molecule has 12 nitrogen and oxygen atoms in total. The summed E-state index contributed by atoms with van der Waals surface area (Å²) in [7, 11) is 2.83. The van der Waals surface area contributed by atoms with Gasteiger partial charge in [0.05, 0.1) is 37.9 Å². The van der Waals surface area contributed by atoms with Crippen LogP contribution in [0, 0.1) is 19.3 Å². The van der Waals surface area contributed by atoms with Gasteiger partial charge in [0.2, 0.25) is 5.91 Å². The largest absolute Gasteiger partial charge is 0.495 e. The Morgan fingerprint density at radius 1 is 1.21 bits per heavy atom. The van der Waals surface area contributed by atoms with Crippen LogP contribution < -0.4 is 25.0 Å². The van der Waals surface area contributed by atoms with Crippen LogP contribution in [0.2, 0.25) is 10.0 Å². The molecule has 2 aromatic heterocycles. The fourth-order valence-electron chi connectivity index (χ4n) is 3.52. The highest BCUT2D eigenvalue weighted by Gasteiger charge is 2.25. The molecule has 0 spiro atoms. The molecule has 42 heavy (non-hydrogen) atoms. The number of halogens is 2. The molecule has 2 N–H and O–H groups in total. The number of terminal acetylenes is 1. The lowest BCUT2D eigenvalue weighted by Gasteiger charge is -2.22. The topological polar surface area (TPSA) is 144 Å². The predicted octanol–water partition coefficient (Wildman–Crippen LogP) is 5.29. The highest BCUT2D eigenvalue weighted by atomic mass is 35.5. The zero-order valence-electron chi connectivity index (χ0n) is 23.1. The fraction of sp³-hybridized carbons (Fsp3) is 0.214. The molecule has 0 radical (unpaired) electrons. The number of anilines is 2. The van der Waals surface area contributed by atoms with E-state index >= 15 is 0 Å². The second-order valence-corrected chi connectivity index (χ2v) is 9.07. The Balaban J connectivity index is 2.07. The van der Waals surface area contributed by atoms with Crippen LogP contribution in [0.5, 0.6) is 11.5 Å². The van der Waals surface area contributed by atoms with Crippen LogP contribution in [-0.2, 0) is 11.3 Å². The summed E-state index contributed by atoms with van der Waals surface area (Å²) in [6.45, 7) is 6.85. The van der Waals surface area contributed by atoms with Gasteiger partial charge < -0.3 is 24.6 Å². The van der Waals surface area contributed by atoms with Crippen molar-refractivity contribution in [1.29, 1.82) is 0 Å². The van der Waals surface area contributed by atoms with Gasteiger partial charge >= 0.3 is 6.03 Å². The Bertz CT molecular complexity index is 1550. The van der Waals surface area contributed by atoms with Gasteiger partial charge in [-0.15, -0.1) is 6.42 Å². The van der Waals surface area contributed by atoms with E-state index in [0.29, 0.717) is 17.2 Å². The SMILES string of the molecule is C#CC(NC(=O)C=C)C(/C=C\C)=Nc1cc(N(Cc2cc(C)no2)C(=O)Nc2c(Cl)c(OC)cc(OC)c2Cl)ncn1. The maximum absolute atomic E-state index is 13.7. The molecule has 1 aromatic carbocycles. The van der Waals surface area contributed by atoms with E-state index in [9.17, 15) is 9.59 Å². The third-order valence-electron chi connectivity index (χ3n) is 5.47. The van der Waals surface area contributed by atoms with E-state index in [1.807, 2.05) is 0 Å². The molecule has 0 aliphatic heterocycles. The number of nitrogens with one attached hydrogen (secondary N) is 2.